The summed E-state index contributed by atoms with van der Waals surface area (Å²) >= 11 is 0. The van der Waals surface area contributed by atoms with Gasteiger partial charge in [-0.3, -0.25) is 0 Å². The highest BCUT2D eigenvalue weighted by Crippen LogP contribution is 2.11. The van der Waals surface area contributed by atoms with Crippen molar-refractivity contribution in [2.45, 2.75) is 0 Å². The number of aromatic carboxylic acids is 2. The molecule has 8 heteroatoms. The maximum atomic E-state index is 10.3. The van der Waals surface area contributed by atoms with Gasteiger partial charge in [0.15, 0.2) is 0 Å². The second-order valence-corrected chi connectivity index (χ2v) is 4.32. The molecule has 1 rings (SSSR count). The quantitative estimate of drug-likeness (QED) is 0.392. The standard InChI is InChI=1S/C8H6O4.C5H12O4/c9-7(10)5-1-2-6(4-3-5)8(11)12;6-1-5(2-7,3-8)4-9/h1-4H,(H,9,10)(H,11,12);6-9H,1-4H2. The van der Waals surface area contributed by atoms with Crippen molar-refractivity contribution < 1.29 is 40.2 Å². The van der Waals surface area contributed by atoms with Gasteiger partial charge in [0.05, 0.1) is 43.0 Å². The number of carbonyl (C=O) groups is 2. The van der Waals surface area contributed by atoms with E-state index in [9.17, 15) is 9.59 Å². The summed E-state index contributed by atoms with van der Waals surface area (Å²) in [6.45, 7) is -1.62. The highest BCUT2D eigenvalue weighted by atomic mass is 16.4. The Kier molecular flexibility index (Phi) is 8.17. The first kappa shape index (κ1) is 19.0. The first-order valence-electron chi connectivity index (χ1n) is 5.86. The Bertz CT molecular complexity index is 399. The van der Waals surface area contributed by atoms with Crippen molar-refractivity contribution in [1.29, 1.82) is 0 Å². The van der Waals surface area contributed by atoms with E-state index in [1.165, 1.54) is 24.3 Å². The van der Waals surface area contributed by atoms with E-state index in [2.05, 4.69) is 0 Å². The molecule has 118 valence electrons. The van der Waals surface area contributed by atoms with E-state index < -0.39 is 43.8 Å². The minimum atomic E-state index is -1.11. The molecule has 0 atom stereocenters. The molecule has 0 heterocycles. The van der Waals surface area contributed by atoms with Gasteiger partial charge in [-0.15, -0.1) is 0 Å². The predicted molar refractivity (Wildman–Crippen MR) is 71.1 cm³/mol. The van der Waals surface area contributed by atoms with Crippen LogP contribution in [0.1, 0.15) is 20.7 Å². The van der Waals surface area contributed by atoms with Gasteiger partial charge in [0.25, 0.3) is 0 Å². The van der Waals surface area contributed by atoms with Gasteiger partial charge >= 0.3 is 11.9 Å². The van der Waals surface area contributed by atoms with Crippen molar-refractivity contribution >= 4 is 11.9 Å². The molecule has 8 nitrogen and oxygen atoms in total. The minimum Gasteiger partial charge on any atom is -0.478 e. The minimum absolute atomic E-state index is 0.0833. The highest BCUT2D eigenvalue weighted by Gasteiger charge is 2.26. The van der Waals surface area contributed by atoms with Crippen molar-refractivity contribution in [3.05, 3.63) is 35.4 Å². The summed E-state index contributed by atoms with van der Waals surface area (Å²) in [4.78, 5) is 20.7. The Hall–Kier alpha value is -2.00. The van der Waals surface area contributed by atoms with Gasteiger partial charge in [-0.2, -0.15) is 0 Å². The average molecular weight is 302 g/mol. The van der Waals surface area contributed by atoms with Crippen LogP contribution in [0.25, 0.3) is 0 Å². The normalized spacial score (nSPS) is 10.5. The van der Waals surface area contributed by atoms with E-state index in [0.29, 0.717) is 0 Å². The van der Waals surface area contributed by atoms with Crippen LogP contribution in [0.3, 0.4) is 0 Å². The molecule has 0 aromatic heterocycles. The maximum Gasteiger partial charge on any atom is 0.335 e. The Morgan fingerprint density at radius 2 is 0.952 bits per heavy atom. The summed E-state index contributed by atoms with van der Waals surface area (Å²) in [6, 6.07) is 5.02. The third-order valence-electron chi connectivity index (χ3n) is 2.72. The molecule has 0 bridgehead atoms. The summed E-state index contributed by atoms with van der Waals surface area (Å²) in [5.74, 6) is -2.13. The molecule has 0 radical (unpaired) electrons. The Morgan fingerprint density at radius 1 is 0.714 bits per heavy atom. The van der Waals surface area contributed by atoms with Gasteiger partial charge < -0.3 is 30.6 Å². The van der Waals surface area contributed by atoms with E-state index in [-0.39, 0.29) is 11.1 Å². The molecule has 0 saturated carbocycles. The maximum absolute atomic E-state index is 10.3. The lowest BCUT2D eigenvalue weighted by Crippen LogP contribution is -2.37. The lowest BCUT2D eigenvalue weighted by Gasteiger charge is -2.23. The number of hydrogen-bond donors (Lipinski definition) is 6. The van der Waals surface area contributed by atoms with Crippen LogP contribution in [0, 0.1) is 5.41 Å². The van der Waals surface area contributed by atoms with Gasteiger partial charge in [0, 0.05) is 0 Å². The monoisotopic (exact) mass is 302 g/mol. The molecule has 1 aromatic carbocycles. The second kappa shape index (κ2) is 9.03. The molecule has 0 fully saturated rings. The fourth-order valence-electron chi connectivity index (χ4n) is 1.06. The molecular formula is C13H18O8. The zero-order valence-electron chi connectivity index (χ0n) is 11.1. The zero-order chi connectivity index (χ0) is 16.5. The van der Waals surface area contributed by atoms with Crippen LogP contribution < -0.4 is 0 Å². The third-order valence-corrected chi connectivity index (χ3v) is 2.72. The summed E-state index contributed by atoms with van der Waals surface area (Å²) < 4.78 is 0. The molecule has 0 unspecified atom stereocenters. The molecule has 0 amide bonds. The molecule has 0 aliphatic heterocycles. The van der Waals surface area contributed by atoms with Crippen LogP contribution in [0.15, 0.2) is 24.3 Å². The van der Waals surface area contributed by atoms with E-state index in [0.717, 1.165) is 0 Å². The molecule has 0 aliphatic rings. The van der Waals surface area contributed by atoms with Gasteiger partial charge in [-0.25, -0.2) is 9.59 Å². The van der Waals surface area contributed by atoms with Crippen LogP contribution in [-0.4, -0.2) is 69.0 Å². The fraction of sp³-hybridized carbons (Fsp3) is 0.385. The number of benzene rings is 1. The number of aliphatic hydroxyl groups is 4. The third kappa shape index (κ3) is 5.88. The van der Waals surface area contributed by atoms with E-state index >= 15 is 0 Å². The van der Waals surface area contributed by atoms with Crippen molar-refractivity contribution in [3.8, 4) is 0 Å². The summed E-state index contributed by atoms with van der Waals surface area (Å²) in [7, 11) is 0. The van der Waals surface area contributed by atoms with Gasteiger partial charge in [-0.05, 0) is 24.3 Å². The SMILES string of the molecule is O=C(O)c1ccc(C(=O)O)cc1.OCC(CO)(CO)CO. The lowest BCUT2D eigenvalue weighted by molar-refractivity contribution is -0.0328. The summed E-state index contributed by atoms with van der Waals surface area (Å²) in [5.41, 5.74) is -0.944. The molecule has 0 aliphatic carbocycles. The fourth-order valence-corrected chi connectivity index (χ4v) is 1.06. The van der Waals surface area contributed by atoms with Crippen LogP contribution in [0.4, 0.5) is 0 Å². The molecule has 21 heavy (non-hydrogen) atoms. The number of carboxylic acids is 2. The van der Waals surface area contributed by atoms with Crippen LogP contribution >= 0.6 is 0 Å². The molecule has 0 spiro atoms. The highest BCUT2D eigenvalue weighted by molar-refractivity contribution is 5.91. The molecular weight excluding hydrogens is 284 g/mol. The van der Waals surface area contributed by atoms with Crippen LogP contribution in [-0.2, 0) is 0 Å². The summed E-state index contributed by atoms with van der Waals surface area (Å²) in [6.07, 6.45) is 0. The van der Waals surface area contributed by atoms with Crippen molar-refractivity contribution in [3.63, 3.8) is 0 Å². The Labute approximate surface area is 120 Å². The molecule has 0 saturated heterocycles. The van der Waals surface area contributed by atoms with Crippen LogP contribution in [0.5, 0.6) is 0 Å². The van der Waals surface area contributed by atoms with E-state index in [1.807, 2.05) is 0 Å². The van der Waals surface area contributed by atoms with Crippen molar-refractivity contribution in [1.82, 2.24) is 0 Å². The van der Waals surface area contributed by atoms with Crippen molar-refractivity contribution in [2.75, 3.05) is 26.4 Å². The lowest BCUT2D eigenvalue weighted by atomic mass is 9.93. The summed E-state index contributed by atoms with van der Waals surface area (Å²) in [5, 5.41) is 50.9. The Balaban J connectivity index is 0.000000400. The second-order valence-electron chi connectivity index (χ2n) is 4.32. The molecule has 1 aromatic rings. The van der Waals surface area contributed by atoms with E-state index in [1.54, 1.807) is 0 Å². The number of hydrogen-bond acceptors (Lipinski definition) is 6. The average Bonchev–Trinajstić information content (AvgIpc) is 2.51. The smallest absolute Gasteiger partial charge is 0.335 e. The molecule has 6 N–H and O–H groups in total. The number of carboxylic acid groups (broad SMARTS) is 2. The predicted octanol–water partition coefficient (Wildman–Crippen LogP) is -0.975. The first-order chi connectivity index (χ1) is 9.85. The first-order valence-corrected chi connectivity index (χ1v) is 5.86. The largest absolute Gasteiger partial charge is 0.478 e. The number of aliphatic hydroxyl groups excluding tert-OH is 4. The topological polar surface area (TPSA) is 156 Å². The van der Waals surface area contributed by atoms with E-state index in [4.69, 9.17) is 30.6 Å². The van der Waals surface area contributed by atoms with Crippen molar-refractivity contribution in [2.24, 2.45) is 5.41 Å². The van der Waals surface area contributed by atoms with Gasteiger partial charge in [0.2, 0.25) is 0 Å². The van der Waals surface area contributed by atoms with Crippen LogP contribution in [0.2, 0.25) is 0 Å². The number of rotatable bonds is 6. The van der Waals surface area contributed by atoms with Gasteiger partial charge in [-0.1, -0.05) is 0 Å². The zero-order valence-corrected chi connectivity index (χ0v) is 11.1. The van der Waals surface area contributed by atoms with Gasteiger partial charge in [0.1, 0.15) is 0 Å². The Morgan fingerprint density at radius 3 is 1.05 bits per heavy atom.